The van der Waals surface area contributed by atoms with Gasteiger partial charge in [-0.3, -0.25) is 0 Å². The molecule has 9 heteroatoms. The van der Waals surface area contributed by atoms with Crippen LogP contribution in [0.1, 0.15) is 12.8 Å². The van der Waals surface area contributed by atoms with Crippen molar-refractivity contribution in [3.63, 3.8) is 0 Å². The van der Waals surface area contributed by atoms with Crippen LogP contribution in [-0.4, -0.2) is 58.8 Å². The number of benzene rings is 1. The monoisotopic (exact) mass is 395 g/mol. The quantitative estimate of drug-likeness (QED) is 0.698. The Morgan fingerprint density at radius 1 is 1.11 bits per heavy atom. The Hall–Kier alpha value is -2.65. The van der Waals surface area contributed by atoms with Crippen molar-refractivity contribution in [1.29, 1.82) is 0 Å². The molecule has 0 aliphatic carbocycles. The molecule has 0 atom stereocenters. The van der Waals surface area contributed by atoms with Crippen LogP contribution in [0.4, 0.5) is 10.1 Å². The molecule has 1 fully saturated rings. The van der Waals surface area contributed by atoms with Crippen molar-refractivity contribution in [2.45, 2.75) is 18.9 Å². The molecule has 2 aliphatic heterocycles. The van der Waals surface area contributed by atoms with Gasteiger partial charge in [0, 0.05) is 12.8 Å². The van der Waals surface area contributed by atoms with E-state index in [0.29, 0.717) is 26.1 Å². The summed E-state index contributed by atoms with van der Waals surface area (Å²) in [4.78, 5) is 25.8. The third-order valence-corrected chi connectivity index (χ3v) is 4.51. The number of nitrogens with zero attached hydrogens (tertiary/aromatic N) is 1. The van der Waals surface area contributed by atoms with Gasteiger partial charge < -0.3 is 28.6 Å². The summed E-state index contributed by atoms with van der Waals surface area (Å²) >= 11 is 0. The first-order valence-corrected chi connectivity index (χ1v) is 8.84. The molecule has 3 rings (SSSR count). The molecule has 0 unspecified atom stereocenters. The molecule has 0 bridgehead atoms. The summed E-state index contributed by atoms with van der Waals surface area (Å²) in [5, 5.41) is 0. The van der Waals surface area contributed by atoms with Crippen molar-refractivity contribution < 1.29 is 37.7 Å². The van der Waals surface area contributed by atoms with E-state index in [2.05, 4.69) is 0 Å². The van der Waals surface area contributed by atoms with Crippen molar-refractivity contribution in [3.8, 4) is 5.75 Å². The van der Waals surface area contributed by atoms with Crippen LogP contribution < -0.4 is 9.64 Å². The normalized spacial score (nSPS) is 18.0. The fraction of sp³-hybridized carbons (Fsp3) is 0.474. The smallest absolute Gasteiger partial charge is 0.355 e. The molecule has 1 aromatic rings. The van der Waals surface area contributed by atoms with Gasteiger partial charge in [0.15, 0.2) is 5.82 Å². The predicted molar refractivity (Wildman–Crippen MR) is 95.2 cm³/mol. The van der Waals surface area contributed by atoms with Crippen molar-refractivity contribution in [2.24, 2.45) is 0 Å². The lowest BCUT2D eigenvalue weighted by atomic mass is 10.1. The van der Waals surface area contributed by atoms with Gasteiger partial charge in [-0.25, -0.2) is 14.0 Å². The highest BCUT2D eigenvalue weighted by molar-refractivity contribution is 6.03. The molecule has 0 saturated carbocycles. The summed E-state index contributed by atoms with van der Waals surface area (Å²) in [5.74, 6) is -1.94. The van der Waals surface area contributed by atoms with E-state index < -0.39 is 17.8 Å². The minimum absolute atomic E-state index is 0.00417. The molecule has 0 aromatic heterocycles. The first-order chi connectivity index (χ1) is 13.6. The Morgan fingerprint density at radius 2 is 1.82 bits per heavy atom. The first kappa shape index (κ1) is 20.1. The fourth-order valence-corrected chi connectivity index (χ4v) is 3.15. The van der Waals surface area contributed by atoms with Gasteiger partial charge in [-0.15, -0.1) is 0 Å². The Bertz CT molecular complexity index is 774. The lowest BCUT2D eigenvalue weighted by molar-refractivity contribution is -0.140. The third-order valence-electron chi connectivity index (χ3n) is 4.51. The van der Waals surface area contributed by atoms with E-state index in [0.717, 1.165) is 0 Å². The number of hydrogen-bond acceptors (Lipinski definition) is 8. The van der Waals surface area contributed by atoms with Crippen LogP contribution in [0.2, 0.25) is 0 Å². The SMILES string of the molecule is COC(=O)C1=C(C(=O)OC)N(c2c(F)cccc2OC2CCOCC2)COC1. The standard InChI is InChI=1S/C19H22FNO7/c1-24-18(22)13-10-27-11-21(16(13)19(23)25-2)17-14(20)4-3-5-15(17)28-12-6-8-26-9-7-12/h3-5,12H,6-11H2,1-2H3. The van der Waals surface area contributed by atoms with Gasteiger partial charge in [-0.05, 0) is 12.1 Å². The van der Waals surface area contributed by atoms with Crippen molar-refractivity contribution in [1.82, 2.24) is 0 Å². The van der Waals surface area contributed by atoms with Crippen LogP contribution in [0.25, 0.3) is 0 Å². The van der Waals surface area contributed by atoms with E-state index in [4.69, 9.17) is 23.7 Å². The molecule has 8 nitrogen and oxygen atoms in total. The Morgan fingerprint density at radius 3 is 2.50 bits per heavy atom. The second-order valence-electron chi connectivity index (χ2n) is 6.23. The second kappa shape index (κ2) is 9.03. The summed E-state index contributed by atoms with van der Waals surface area (Å²) in [6.07, 6.45) is 1.18. The number of esters is 2. The molecule has 28 heavy (non-hydrogen) atoms. The number of carbonyl (C=O) groups excluding carboxylic acids is 2. The number of methoxy groups -OCH3 is 2. The lowest BCUT2D eigenvalue weighted by Crippen LogP contribution is -2.39. The summed E-state index contributed by atoms with van der Waals surface area (Å²) in [5.41, 5.74) is -0.195. The summed E-state index contributed by atoms with van der Waals surface area (Å²) in [6, 6.07) is 4.36. The average Bonchev–Trinajstić information content (AvgIpc) is 2.73. The largest absolute Gasteiger partial charge is 0.488 e. The highest BCUT2D eigenvalue weighted by Gasteiger charge is 2.35. The molecular weight excluding hydrogens is 373 g/mol. The molecule has 1 aromatic carbocycles. The van der Waals surface area contributed by atoms with Gasteiger partial charge in [0.25, 0.3) is 0 Å². The second-order valence-corrected chi connectivity index (χ2v) is 6.23. The van der Waals surface area contributed by atoms with Gasteiger partial charge in [-0.2, -0.15) is 0 Å². The number of ether oxygens (including phenoxy) is 5. The highest BCUT2D eigenvalue weighted by Crippen LogP contribution is 2.37. The fourth-order valence-electron chi connectivity index (χ4n) is 3.15. The first-order valence-electron chi connectivity index (χ1n) is 8.84. The summed E-state index contributed by atoms with van der Waals surface area (Å²) in [7, 11) is 2.37. The molecule has 0 amide bonds. The number of carbonyl (C=O) groups is 2. The van der Waals surface area contributed by atoms with Crippen LogP contribution in [0.5, 0.6) is 5.75 Å². The van der Waals surface area contributed by atoms with Crippen molar-refractivity contribution >= 4 is 17.6 Å². The predicted octanol–water partition coefficient (Wildman–Crippen LogP) is 1.78. The molecule has 2 aliphatic rings. The molecule has 1 saturated heterocycles. The van der Waals surface area contributed by atoms with Crippen LogP contribution >= 0.6 is 0 Å². The Labute approximate surface area is 161 Å². The summed E-state index contributed by atoms with van der Waals surface area (Å²) < 4.78 is 41.1. The van der Waals surface area contributed by atoms with E-state index in [-0.39, 0.29) is 42.1 Å². The van der Waals surface area contributed by atoms with Crippen LogP contribution in [-0.2, 0) is 28.5 Å². The topological polar surface area (TPSA) is 83.5 Å². The number of hydrogen-bond donors (Lipinski definition) is 0. The van der Waals surface area contributed by atoms with Crippen LogP contribution in [0.3, 0.4) is 0 Å². The zero-order chi connectivity index (χ0) is 20.1. The minimum Gasteiger partial charge on any atom is -0.488 e. The average molecular weight is 395 g/mol. The maximum absolute atomic E-state index is 14.8. The van der Waals surface area contributed by atoms with E-state index >= 15 is 0 Å². The van der Waals surface area contributed by atoms with E-state index in [1.807, 2.05) is 0 Å². The third kappa shape index (κ3) is 4.10. The van der Waals surface area contributed by atoms with E-state index in [9.17, 15) is 14.0 Å². The lowest BCUT2D eigenvalue weighted by Gasteiger charge is -2.33. The van der Waals surface area contributed by atoms with Gasteiger partial charge >= 0.3 is 11.9 Å². The highest BCUT2D eigenvalue weighted by atomic mass is 19.1. The van der Waals surface area contributed by atoms with Gasteiger partial charge in [0.1, 0.15) is 30.0 Å². The minimum atomic E-state index is -0.802. The number of rotatable bonds is 5. The van der Waals surface area contributed by atoms with Gasteiger partial charge in [0.2, 0.25) is 0 Å². The molecule has 152 valence electrons. The molecule has 0 N–H and O–H groups in total. The number of anilines is 1. The number of para-hydroxylation sites is 1. The van der Waals surface area contributed by atoms with Gasteiger partial charge in [0.05, 0.1) is 39.6 Å². The Kier molecular flexibility index (Phi) is 6.48. The maximum atomic E-state index is 14.8. The number of halogens is 1. The van der Waals surface area contributed by atoms with Crippen LogP contribution in [0, 0.1) is 5.82 Å². The Balaban J connectivity index is 2.05. The van der Waals surface area contributed by atoms with Gasteiger partial charge in [-0.1, -0.05) is 6.07 Å². The molecule has 2 heterocycles. The molecule has 0 radical (unpaired) electrons. The van der Waals surface area contributed by atoms with Crippen LogP contribution in [0.15, 0.2) is 29.5 Å². The zero-order valence-electron chi connectivity index (χ0n) is 15.7. The molecular formula is C19H22FNO7. The molecule has 0 spiro atoms. The zero-order valence-corrected chi connectivity index (χ0v) is 15.7. The summed E-state index contributed by atoms with van der Waals surface area (Å²) in [6.45, 7) is 0.804. The van der Waals surface area contributed by atoms with Crippen molar-refractivity contribution in [3.05, 3.63) is 35.3 Å². The van der Waals surface area contributed by atoms with E-state index in [1.165, 1.54) is 31.3 Å². The van der Waals surface area contributed by atoms with Crippen molar-refractivity contribution in [2.75, 3.05) is 45.7 Å². The maximum Gasteiger partial charge on any atom is 0.355 e. The van der Waals surface area contributed by atoms with E-state index in [1.54, 1.807) is 6.07 Å².